The molecule has 31 heavy (non-hydrogen) atoms. The molecule has 1 aromatic rings. The molecule has 1 fully saturated rings. The van der Waals surface area contributed by atoms with Crippen molar-refractivity contribution in [1.29, 1.82) is 0 Å². The first kappa shape index (κ1) is 25.5. The van der Waals surface area contributed by atoms with Gasteiger partial charge in [-0.25, -0.2) is 4.79 Å². The van der Waals surface area contributed by atoms with Crippen LogP contribution in [0.5, 0.6) is 5.75 Å². The first-order valence-electron chi connectivity index (χ1n) is 10.6. The van der Waals surface area contributed by atoms with Gasteiger partial charge in [-0.2, -0.15) is 0 Å². The highest BCUT2D eigenvalue weighted by Gasteiger charge is 2.42. The molecule has 174 valence electrons. The van der Waals surface area contributed by atoms with E-state index in [0.29, 0.717) is 0 Å². The minimum Gasteiger partial charge on any atom is -0.497 e. The van der Waals surface area contributed by atoms with E-state index in [1.807, 2.05) is 24.3 Å². The maximum Gasteiger partial charge on any atom is 0.330 e. The first-order valence-corrected chi connectivity index (χ1v) is 13.5. The number of ether oxygens (including phenoxy) is 4. The van der Waals surface area contributed by atoms with Crippen LogP contribution in [0.4, 0.5) is 0 Å². The Labute approximate surface area is 186 Å². The second kappa shape index (κ2) is 10.7. The first-order chi connectivity index (χ1) is 14.5. The fourth-order valence-electron chi connectivity index (χ4n) is 2.79. The molecule has 8 heteroatoms. The molecular weight excluding hydrogens is 416 g/mol. The lowest BCUT2D eigenvalue weighted by atomic mass is 10.0. The van der Waals surface area contributed by atoms with Gasteiger partial charge in [0.05, 0.1) is 20.3 Å². The van der Waals surface area contributed by atoms with E-state index in [4.69, 9.17) is 23.4 Å². The number of methoxy groups -OCH3 is 1. The summed E-state index contributed by atoms with van der Waals surface area (Å²) in [6, 6.07) is 7.33. The van der Waals surface area contributed by atoms with Crippen LogP contribution in [0, 0.1) is 0 Å². The average molecular weight is 453 g/mol. The van der Waals surface area contributed by atoms with Crippen LogP contribution < -0.4 is 4.74 Å². The fourth-order valence-corrected chi connectivity index (χ4v) is 3.81. The van der Waals surface area contributed by atoms with Crippen LogP contribution in [-0.2, 0) is 23.4 Å². The molecule has 0 aliphatic carbocycles. The number of benzene rings is 1. The molecular formula is C23H36O7Si. The van der Waals surface area contributed by atoms with Gasteiger partial charge in [-0.1, -0.05) is 32.9 Å². The van der Waals surface area contributed by atoms with E-state index in [0.717, 1.165) is 11.3 Å². The number of rotatable bonds is 8. The van der Waals surface area contributed by atoms with Crippen LogP contribution in [0.25, 0.3) is 0 Å². The third-order valence-electron chi connectivity index (χ3n) is 5.81. The molecule has 1 aliphatic rings. The lowest BCUT2D eigenvalue weighted by molar-refractivity contribution is -0.282. The zero-order valence-corrected chi connectivity index (χ0v) is 20.6. The summed E-state index contributed by atoms with van der Waals surface area (Å²) in [5.41, 5.74) is 0.777. The third-order valence-corrected chi connectivity index (χ3v) is 10.3. The van der Waals surface area contributed by atoms with Crippen molar-refractivity contribution in [2.45, 2.75) is 70.4 Å². The van der Waals surface area contributed by atoms with Gasteiger partial charge in [-0.15, -0.1) is 0 Å². The van der Waals surface area contributed by atoms with Gasteiger partial charge < -0.3 is 28.5 Å². The topological polar surface area (TPSA) is 83.5 Å². The Morgan fingerprint density at radius 3 is 2.39 bits per heavy atom. The Kier molecular flexibility index (Phi) is 8.85. The van der Waals surface area contributed by atoms with Crippen molar-refractivity contribution in [3.63, 3.8) is 0 Å². The molecule has 0 spiro atoms. The molecule has 1 heterocycles. The van der Waals surface area contributed by atoms with Crippen LogP contribution in [0.2, 0.25) is 18.1 Å². The Morgan fingerprint density at radius 1 is 1.19 bits per heavy atom. The Bertz CT molecular complexity index is 739. The molecule has 1 N–H and O–H groups in total. The van der Waals surface area contributed by atoms with Crippen molar-refractivity contribution in [2.24, 2.45) is 0 Å². The van der Waals surface area contributed by atoms with Crippen LogP contribution in [-0.4, -0.2) is 58.0 Å². The van der Waals surface area contributed by atoms with E-state index < -0.39 is 38.9 Å². The second-order valence-electron chi connectivity index (χ2n) is 9.05. The summed E-state index contributed by atoms with van der Waals surface area (Å²) >= 11 is 0. The summed E-state index contributed by atoms with van der Waals surface area (Å²) in [5, 5.41) is 10.9. The number of aliphatic hydroxyl groups is 1. The molecule has 1 aromatic carbocycles. The maximum absolute atomic E-state index is 11.8. The fraction of sp³-hybridized carbons (Fsp3) is 0.609. The highest BCUT2D eigenvalue weighted by Crippen LogP contribution is 2.38. The highest BCUT2D eigenvalue weighted by atomic mass is 28.4. The third kappa shape index (κ3) is 6.88. The van der Waals surface area contributed by atoms with E-state index in [9.17, 15) is 9.90 Å². The summed E-state index contributed by atoms with van der Waals surface area (Å²) in [7, 11) is -0.441. The van der Waals surface area contributed by atoms with E-state index in [-0.39, 0.29) is 18.3 Å². The van der Waals surface area contributed by atoms with E-state index in [2.05, 4.69) is 33.9 Å². The largest absolute Gasteiger partial charge is 0.497 e. The van der Waals surface area contributed by atoms with E-state index in [1.165, 1.54) is 12.2 Å². The van der Waals surface area contributed by atoms with Gasteiger partial charge >= 0.3 is 5.97 Å². The van der Waals surface area contributed by atoms with Crippen LogP contribution in [0.15, 0.2) is 36.4 Å². The van der Waals surface area contributed by atoms with Gasteiger partial charge in [0.1, 0.15) is 24.1 Å². The zero-order chi connectivity index (χ0) is 23.2. The predicted molar refractivity (Wildman–Crippen MR) is 120 cm³/mol. The molecule has 4 atom stereocenters. The molecule has 2 rings (SSSR count). The zero-order valence-electron chi connectivity index (χ0n) is 19.6. The molecule has 0 unspecified atom stereocenters. The summed E-state index contributed by atoms with van der Waals surface area (Å²) < 4.78 is 28.5. The van der Waals surface area contributed by atoms with Crippen molar-refractivity contribution in [1.82, 2.24) is 0 Å². The van der Waals surface area contributed by atoms with Crippen LogP contribution in [0.3, 0.4) is 0 Å². The van der Waals surface area contributed by atoms with Crippen LogP contribution >= 0.6 is 0 Å². The van der Waals surface area contributed by atoms with Gasteiger partial charge in [-0.05, 0) is 43.3 Å². The number of hydrogen-bond donors (Lipinski definition) is 1. The molecule has 0 bridgehead atoms. The molecule has 0 radical (unpaired) electrons. The monoisotopic (exact) mass is 452 g/mol. The summed E-state index contributed by atoms with van der Waals surface area (Å²) in [5.74, 6) is 0.232. The van der Waals surface area contributed by atoms with Gasteiger partial charge in [-0.3, -0.25) is 0 Å². The molecule has 0 amide bonds. The predicted octanol–water partition coefficient (Wildman–Crippen LogP) is 3.98. The van der Waals surface area contributed by atoms with Crippen molar-refractivity contribution in [2.75, 3.05) is 20.3 Å². The number of aliphatic hydroxyl groups excluding tert-OH is 1. The maximum atomic E-state index is 11.8. The number of carbonyl (C=O) groups excluding carboxylic acids is 1. The minimum atomic E-state index is -2.04. The smallest absolute Gasteiger partial charge is 0.330 e. The van der Waals surface area contributed by atoms with Crippen molar-refractivity contribution < 1.29 is 33.3 Å². The van der Waals surface area contributed by atoms with Crippen LogP contribution in [0.1, 0.15) is 39.5 Å². The van der Waals surface area contributed by atoms with Gasteiger partial charge in [0.15, 0.2) is 14.6 Å². The Balaban J connectivity index is 2.22. The Morgan fingerprint density at radius 2 is 1.84 bits per heavy atom. The van der Waals surface area contributed by atoms with Gasteiger partial charge in [0.2, 0.25) is 0 Å². The summed E-state index contributed by atoms with van der Waals surface area (Å²) in [6.07, 6.45) is -0.296. The molecule has 1 aliphatic heterocycles. The molecule has 0 aromatic heterocycles. The number of hydrogen-bond acceptors (Lipinski definition) is 7. The van der Waals surface area contributed by atoms with E-state index >= 15 is 0 Å². The average Bonchev–Trinajstić information content (AvgIpc) is 2.71. The van der Waals surface area contributed by atoms with Crippen molar-refractivity contribution >= 4 is 14.3 Å². The SMILES string of the molecule is CCOC(=O)/C=C/[C@H]1O[C@H](c2ccc(OC)cc2)O[C@H](CO[Si](C)(C)C(C)(C)C)[C@H]1O. The van der Waals surface area contributed by atoms with Gasteiger partial charge in [0.25, 0.3) is 0 Å². The highest BCUT2D eigenvalue weighted by molar-refractivity contribution is 6.74. The quantitative estimate of drug-likeness (QED) is 0.363. The van der Waals surface area contributed by atoms with Crippen molar-refractivity contribution in [3.05, 3.63) is 42.0 Å². The van der Waals surface area contributed by atoms with Crippen molar-refractivity contribution in [3.8, 4) is 5.75 Å². The summed E-state index contributed by atoms with van der Waals surface area (Å²) in [6.45, 7) is 13.0. The number of esters is 1. The Hall–Kier alpha value is -1.71. The second-order valence-corrected chi connectivity index (χ2v) is 13.9. The standard InChI is InChI=1S/C23H36O7Si/c1-8-27-20(24)14-13-18-21(25)19(15-28-31(6,7)23(2,3)4)30-22(29-18)16-9-11-17(26-5)12-10-16/h9-14,18-19,21-22,25H,8,15H2,1-7H3/b14-13+/t18-,19-,21+,22+/m1/s1. The normalized spacial score (nSPS) is 24.9. The number of carbonyl (C=O) groups is 1. The minimum absolute atomic E-state index is 0.0295. The van der Waals surface area contributed by atoms with Gasteiger partial charge in [0, 0.05) is 11.6 Å². The molecule has 0 saturated carbocycles. The van der Waals surface area contributed by atoms with E-state index in [1.54, 1.807) is 14.0 Å². The molecule has 7 nitrogen and oxygen atoms in total. The molecule has 1 saturated heterocycles. The lowest BCUT2D eigenvalue weighted by Crippen LogP contribution is -2.51. The lowest BCUT2D eigenvalue weighted by Gasteiger charge is -2.42. The summed E-state index contributed by atoms with van der Waals surface area (Å²) in [4.78, 5) is 11.8.